The van der Waals surface area contributed by atoms with E-state index in [1.54, 1.807) is 12.1 Å². The zero-order chi connectivity index (χ0) is 18.5. The Morgan fingerprint density at radius 3 is 2.54 bits per heavy atom. The van der Waals surface area contributed by atoms with E-state index in [9.17, 15) is 8.78 Å². The number of H-pyrrole nitrogens is 1. The Bertz CT molecular complexity index is 845. The first kappa shape index (κ1) is 18.2. The average Bonchev–Trinajstić information content (AvgIpc) is 3.02. The van der Waals surface area contributed by atoms with Crippen LogP contribution in [0, 0.1) is 0 Å². The molecule has 0 unspecified atom stereocenters. The van der Waals surface area contributed by atoms with Gasteiger partial charge in [0.25, 0.3) is 0 Å². The van der Waals surface area contributed by atoms with Crippen LogP contribution in [-0.4, -0.2) is 37.1 Å². The van der Waals surface area contributed by atoms with Crippen molar-refractivity contribution >= 4 is 10.9 Å². The van der Waals surface area contributed by atoms with Gasteiger partial charge in [-0.3, -0.25) is 0 Å². The molecule has 26 heavy (non-hydrogen) atoms. The molecular formula is C20H22F2N2O2. The molecule has 1 heterocycles. The number of likely N-dealkylation sites (N-methyl/N-ethyl adjacent to an activating group) is 1. The second-order valence-corrected chi connectivity index (χ2v) is 6.36. The first-order valence-corrected chi connectivity index (χ1v) is 8.43. The van der Waals surface area contributed by atoms with Crippen molar-refractivity contribution in [1.29, 1.82) is 0 Å². The molecule has 0 bridgehead atoms. The number of ether oxygens (including phenoxy) is 2. The van der Waals surface area contributed by atoms with Crippen LogP contribution < -0.4 is 9.47 Å². The topological polar surface area (TPSA) is 37.5 Å². The van der Waals surface area contributed by atoms with Crippen molar-refractivity contribution in [2.75, 3.05) is 20.6 Å². The molecule has 0 saturated carbocycles. The molecule has 3 aromatic rings. The monoisotopic (exact) mass is 360 g/mol. The van der Waals surface area contributed by atoms with Gasteiger partial charge in [0.05, 0.1) is 0 Å². The Labute approximate surface area is 151 Å². The van der Waals surface area contributed by atoms with Crippen LogP contribution in [0.3, 0.4) is 0 Å². The molecule has 3 rings (SSSR count). The van der Waals surface area contributed by atoms with Crippen molar-refractivity contribution in [2.45, 2.75) is 19.6 Å². The van der Waals surface area contributed by atoms with Gasteiger partial charge in [-0.05, 0) is 55.9 Å². The fraction of sp³-hybridized carbons (Fsp3) is 0.300. The molecule has 1 N–H and O–H groups in total. The Morgan fingerprint density at radius 2 is 1.85 bits per heavy atom. The van der Waals surface area contributed by atoms with Crippen LogP contribution in [0.25, 0.3) is 10.9 Å². The number of halogens is 2. The maximum absolute atomic E-state index is 12.2. The zero-order valence-electron chi connectivity index (χ0n) is 14.8. The van der Waals surface area contributed by atoms with E-state index in [2.05, 4.69) is 14.6 Å². The summed E-state index contributed by atoms with van der Waals surface area (Å²) in [6.45, 7) is -1.51. The van der Waals surface area contributed by atoms with E-state index in [0.29, 0.717) is 6.61 Å². The summed E-state index contributed by atoms with van der Waals surface area (Å²) in [4.78, 5) is 5.43. The maximum Gasteiger partial charge on any atom is 0.387 e. The summed E-state index contributed by atoms with van der Waals surface area (Å²) in [5.41, 5.74) is 3.14. The first-order chi connectivity index (χ1) is 12.5. The third kappa shape index (κ3) is 4.52. The predicted molar refractivity (Wildman–Crippen MR) is 98.0 cm³/mol. The van der Waals surface area contributed by atoms with Crippen molar-refractivity contribution in [2.24, 2.45) is 0 Å². The molecule has 4 nitrogen and oxygen atoms in total. The van der Waals surface area contributed by atoms with Gasteiger partial charge >= 0.3 is 6.61 Å². The van der Waals surface area contributed by atoms with Crippen molar-refractivity contribution in [3.05, 3.63) is 59.8 Å². The van der Waals surface area contributed by atoms with E-state index >= 15 is 0 Å². The van der Waals surface area contributed by atoms with Gasteiger partial charge in [0.15, 0.2) is 0 Å². The lowest BCUT2D eigenvalue weighted by Crippen LogP contribution is -2.14. The van der Waals surface area contributed by atoms with Crippen LogP contribution in [-0.2, 0) is 13.0 Å². The van der Waals surface area contributed by atoms with Gasteiger partial charge in [0, 0.05) is 23.6 Å². The van der Waals surface area contributed by atoms with Gasteiger partial charge in [-0.1, -0.05) is 18.2 Å². The molecule has 0 atom stereocenters. The van der Waals surface area contributed by atoms with E-state index in [4.69, 9.17) is 4.74 Å². The minimum Gasteiger partial charge on any atom is -0.488 e. The van der Waals surface area contributed by atoms with E-state index in [1.165, 1.54) is 17.7 Å². The summed E-state index contributed by atoms with van der Waals surface area (Å²) in [5, 5.41) is 1.09. The number of rotatable bonds is 8. The number of hydrogen-bond donors (Lipinski definition) is 1. The number of alkyl halides is 2. The quantitative estimate of drug-likeness (QED) is 0.645. The Kier molecular flexibility index (Phi) is 5.73. The number of fused-ring (bicyclic) bond motifs is 1. The second-order valence-electron chi connectivity index (χ2n) is 6.36. The van der Waals surface area contributed by atoms with E-state index in [-0.39, 0.29) is 5.75 Å². The number of benzene rings is 2. The van der Waals surface area contributed by atoms with Gasteiger partial charge in [0.2, 0.25) is 0 Å². The van der Waals surface area contributed by atoms with Crippen molar-refractivity contribution in [1.82, 2.24) is 9.88 Å². The molecule has 0 aliphatic heterocycles. The molecule has 1 aromatic heterocycles. The van der Waals surface area contributed by atoms with E-state index < -0.39 is 6.61 Å². The Morgan fingerprint density at radius 1 is 1.08 bits per heavy atom. The molecule has 2 aromatic carbocycles. The van der Waals surface area contributed by atoms with Crippen LogP contribution >= 0.6 is 0 Å². The van der Waals surface area contributed by atoms with Crippen molar-refractivity contribution in [3.8, 4) is 11.5 Å². The molecule has 0 radical (unpaired) electrons. The van der Waals surface area contributed by atoms with Gasteiger partial charge < -0.3 is 19.4 Å². The number of nitrogens with zero attached hydrogens (tertiary/aromatic N) is 1. The molecule has 0 spiro atoms. The molecule has 0 amide bonds. The predicted octanol–water partition coefficient (Wildman–Crippen LogP) is 4.45. The second kappa shape index (κ2) is 8.19. The summed E-state index contributed by atoms with van der Waals surface area (Å²) >= 11 is 0. The molecule has 138 valence electrons. The van der Waals surface area contributed by atoms with Gasteiger partial charge in [-0.15, -0.1) is 0 Å². The minimum absolute atomic E-state index is 0.141. The highest BCUT2D eigenvalue weighted by Crippen LogP contribution is 2.30. The molecule has 0 aliphatic carbocycles. The summed E-state index contributed by atoms with van der Waals surface area (Å²) in [6, 6.07) is 12.4. The number of aromatic nitrogens is 1. The van der Waals surface area contributed by atoms with Crippen LogP contribution in [0.2, 0.25) is 0 Å². The Balaban J connectivity index is 1.73. The van der Waals surface area contributed by atoms with Crippen LogP contribution in [0.4, 0.5) is 8.78 Å². The summed E-state index contributed by atoms with van der Waals surface area (Å²) in [6.07, 6.45) is 2.95. The highest BCUT2D eigenvalue weighted by molar-refractivity contribution is 5.89. The molecule has 0 saturated heterocycles. The molecule has 0 fully saturated rings. The lowest BCUT2D eigenvalue weighted by Gasteiger charge is -2.12. The SMILES string of the molecule is CN(C)CCc1c[nH]c2cccc(OCc3ccc(OC(F)F)cc3)c12. The molecule has 6 heteroatoms. The fourth-order valence-electron chi connectivity index (χ4n) is 2.81. The van der Waals surface area contributed by atoms with E-state index in [0.717, 1.165) is 35.2 Å². The fourth-order valence-corrected chi connectivity index (χ4v) is 2.81. The molecular weight excluding hydrogens is 338 g/mol. The van der Waals surface area contributed by atoms with E-state index in [1.807, 2.05) is 38.5 Å². The van der Waals surface area contributed by atoms with Gasteiger partial charge in [-0.2, -0.15) is 8.78 Å². The maximum atomic E-state index is 12.2. The van der Waals surface area contributed by atoms with Crippen LogP contribution in [0.1, 0.15) is 11.1 Å². The van der Waals surface area contributed by atoms with Crippen LogP contribution in [0.15, 0.2) is 48.7 Å². The zero-order valence-corrected chi connectivity index (χ0v) is 14.8. The smallest absolute Gasteiger partial charge is 0.387 e. The van der Waals surface area contributed by atoms with Gasteiger partial charge in [-0.25, -0.2) is 0 Å². The first-order valence-electron chi connectivity index (χ1n) is 8.43. The highest BCUT2D eigenvalue weighted by Gasteiger charge is 2.10. The Hall–Kier alpha value is -2.60. The van der Waals surface area contributed by atoms with Crippen molar-refractivity contribution < 1.29 is 18.3 Å². The third-order valence-corrected chi connectivity index (χ3v) is 4.12. The minimum atomic E-state index is -2.82. The third-order valence-electron chi connectivity index (χ3n) is 4.12. The number of aromatic amines is 1. The van der Waals surface area contributed by atoms with Crippen LogP contribution in [0.5, 0.6) is 11.5 Å². The average molecular weight is 360 g/mol. The lowest BCUT2D eigenvalue weighted by molar-refractivity contribution is -0.0498. The lowest BCUT2D eigenvalue weighted by atomic mass is 10.1. The summed E-state index contributed by atoms with van der Waals surface area (Å²) < 4.78 is 34.8. The van der Waals surface area contributed by atoms with Crippen molar-refractivity contribution in [3.63, 3.8) is 0 Å². The highest BCUT2D eigenvalue weighted by atomic mass is 19.3. The summed E-state index contributed by atoms with van der Waals surface area (Å²) in [7, 11) is 4.10. The largest absolute Gasteiger partial charge is 0.488 e. The summed E-state index contributed by atoms with van der Waals surface area (Å²) in [5.74, 6) is 0.952. The normalized spacial score (nSPS) is 11.5. The standard InChI is InChI=1S/C20H22F2N2O2/c1-24(2)11-10-15-12-23-17-4-3-5-18(19(15)17)25-13-14-6-8-16(9-7-14)26-20(21)22/h3-9,12,20,23H,10-11,13H2,1-2H3. The molecule has 0 aliphatic rings. The number of nitrogens with one attached hydrogen (secondary N) is 1. The van der Waals surface area contributed by atoms with Gasteiger partial charge in [0.1, 0.15) is 18.1 Å². The number of hydrogen-bond acceptors (Lipinski definition) is 3.